The van der Waals surface area contributed by atoms with Crippen molar-refractivity contribution in [2.24, 2.45) is 0 Å². The molecule has 1 heterocycles. The highest BCUT2D eigenvalue weighted by molar-refractivity contribution is 5.24. The highest BCUT2D eigenvalue weighted by Gasteiger charge is 2.16. The summed E-state index contributed by atoms with van der Waals surface area (Å²) in [6, 6.07) is 25.5. The van der Waals surface area contributed by atoms with E-state index < -0.39 is 0 Å². The van der Waals surface area contributed by atoms with Gasteiger partial charge >= 0.3 is 0 Å². The Labute approximate surface area is 132 Å². The Morgan fingerprint density at radius 2 is 1.32 bits per heavy atom. The maximum absolute atomic E-state index is 3.98. The van der Waals surface area contributed by atoms with Gasteiger partial charge in [-0.2, -0.15) is 4.57 Å². The van der Waals surface area contributed by atoms with Gasteiger partial charge in [-0.3, -0.25) is 0 Å². The first-order valence-electron chi connectivity index (χ1n) is 7.58. The number of hydrogen-bond donors (Lipinski definition) is 0. The van der Waals surface area contributed by atoms with E-state index in [0.717, 1.165) is 6.42 Å². The lowest BCUT2D eigenvalue weighted by Gasteiger charge is -2.09. The van der Waals surface area contributed by atoms with Gasteiger partial charge in [-0.25, -0.2) is 0 Å². The third-order valence-corrected chi connectivity index (χ3v) is 3.86. The average Bonchev–Trinajstić information content (AvgIpc) is 2.59. The van der Waals surface area contributed by atoms with Crippen LogP contribution in [-0.2, 0) is 6.42 Å². The van der Waals surface area contributed by atoms with E-state index >= 15 is 0 Å². The zero-order valence-corrected chi connectivity index (χ0v) is 12.6. The van der Waals surface area contributed by atoms with Gasteiger partial charge in [0, 0.05) is 17.7 Å². The van der Waals surface area contributed by atoms with E-state index in [2.05, 4.69) is 90.3 Å². The molecule has 1 nitrogen and oxygen atoms in total. The van der Waals surface area contributed by atoms with Crippen molar-refractivity contribution in [1.82, 2.24) is 0 Å². The second-order valence-electron chi connectivity index (χ2n) is 5.41. The minimum Gasteiger partial charge on any atom is -0.194 e. The predicted octanol–water partition coefficient (Wildman–Crippen LogP) is 4.34. The van der Waals surface area contributed by atoms with Crippen LogP contribution in [0.4, 0.5) is 0 Å². The fourth-order valence-electron chi connectivity index (χ4n) is 2.68. The lowest BCUT2D eigenvalue weighted by atomic mass is 10.0. The summed E-state index contributed by atoms with van der Waals surface area (Å²) in [5.74, 6) is 0. The highest BCUT2D eigenvalue weighted by Crippen LogP contribution is 2.14. The molecule has 0 aliphatic heterocycles. The molecule has 0 bridgehead atoms. The predicted molar refractivity (Wildman–Crippen MR) is 90.7 cm³/mol. The van der Waals surface area contributed by atoms with Gasteiger partial charge in [-0.1, -0.05) is 67.2 Å². The van der Waals surface area contributed by atoms with Crippen LogP contribution in [0.15, 0.2) is 97.8 Å². The van der Waals surface area contributed by atoms with Crippen molar-refractivity contribution in [3.05, 3.63) is 115 Å². The molecule has 108 valence electrons. The number of pyridine rings is 1. The Hall–Kier alpha value is -2.67. The van der Waals surface area contributed by atoms with E-state index in [9.17, 15) is 0 Å². The summed E-state index contributed by atoms with van der Waals surface area (Å²) in [6.07, 6.45) is 7.22. The molecule has 0 fully saturated rings. The quantitative estimate of drug-likeness (QED) is 0.485. The summed E-state index contributed by atoms with van der Waals surface area (Å²) < 4.78 is 2.19. The lowest BCUT2D eigenvalue weighted by molar-refractivity contribution is -0.703. The van der Waals surface area contributed by atoms with Crippen molar-refractivity contribution >= 4 is 0 Å². The smallest absolute Gasteiger partial charge is 0.194 e. The first-order valence-corrected chi connectivity index (χ1v) is 7.58. The summed E-state index contributed by atoms with van der Waals surface area (Å²) >= 11 is 0. The van der Waals surface area contributed by atoms with Gasteiger partial charge in [0.2, 0.25) is 6.04 Å². The van der Waals surface area contributed by atoms with Gasteiger partial charge in [0.15, 0.2) is 12.4 Å². The van der Waals surface area contributed by atoms with Crippen LogP contribution >= 0.6 is 0 Å². The Morgan fingerprint density at radius 1 is 0.773 bits per heavy atom. The fourth-order valence-corrected chi connectivity index (χ4v) is 2.68. The second-order valence-corrected chi connectivity index (χ2v) is 5.41. The minimum absolute atomic E-state index is 0.173. The monoisotopic (exact) mass is 286 g/mol. The third-order valence-electron chi connectivity index (χ3n) is 3.86. The average molecular weight is 286 g/mol. The first kappa shape index (κ1) is 14.3. The number of hydrogen-bond acceptors (Lipinski definition) is 0. The van der Waals surface area contributed by atoms with E-state index in [1.54, 1.807) is 0 Å². The van der Waals surface area contributed by atoms with E-state index in [1.807, 2.05) is 12.1 Å². The van der Waals surface area contributed by atoms with Crippen LogP contribution in [0.25, 0.3) is 0 Å². The molecule has 2 aromatic carbocycles. The molecule has 0 saturated carbocycles. The van der Waals surface area contributed by atoms with Crippen LogP contribution in [0.2, 0.25) is 0 Å². The number of benzene rings is 2. The third kappa shape index (κ3) is 3.32. The molecule has 0 N–H and O–H groups in total. The van der Waals surface area contributed by atoms with Crippen LogP contribution in [0.3, 0.4) is 0 Å². The molecule has 1 aromatic heterocycles. The van der Waals surface area contributed by atoms with Crippen molar-refractivity contribution in [3.8, 4) is 0 Å². The molecular weight excluding hydrogens is 266 g/mol. The Morgan fingerprint density at radius 3 is 1.91 bits per heavy atom. The molecular formula is C21H20N+. The molecule has 22 heavy (non-hydrogen) atoms. The molecule has 3 aromatic rings. The molecule has 0 aliphatic rings. The van der Waals surface area contributed by atoms with Gasteiger partial charge < -0.3 is 0 Å². The van der Waals surface area contributed by atoms with Crippen LogP contribution in [0, 0.1) is 0 Å². The number of rotatable bonds is 5. The van der Waals surface area contributed by atoms with Gasteiger partial charge in [0.05, 0.1) is 0 Å². The van der Waals surface area contributed by atoms with Crippen molar-refractivity contribution in [2.75, 3.05) is 0 Å². The molecule has 0 saturated heterocycles. The molecule has 1 heteroatoms. The molecule has 3 rings (SSSR count). The summed E-state index contributed by atoms with van der Waals surface area (Å²) in [7, 11) is 0. The topological polar surface area (TPSA) is 3.88 Å². The van der Waals surface area contributed by atoms with Crippen LogP contribution in [-0.4, -0.2) is 0 Å². The summed E-state index contributed by atoms with van der Waals surface area (Å²) in [4.78, 5) is 0. The first-order chi connectivity index (χ1) is 10.9. The molecule has 1 unspecified atom stereocenters. The SMILES string of the molecule is C=CC(c1ccccc1)[n+]1ccc(Cc2ccccc2)cc1. The van der Waals surface area contributed by atoms with Crippen LogP contribution in [0.1, 0.15) is 22.7 Å². The van der Waals surface area contributed by atoms with Crippen molar-refractivity contribution < 1.29 is 4.57 Å². The van der Waals surface area contributed by atoms with Crippen molar-refractivity contribution in [1.29, 1.82) is 0 Å². The maximum Gasteiger partial charge on any atom is 0.201 e. The van der Waals surface area contributed by atoms with Crippen LogP contribution < -0.4 is 4.57 Å². The van der Waals surface area contributed by atoms with Gasteiger partial charge in [-0.05, 0) is 23.6 Å². The molecule has 1 atom stereocenters. The zero-order chi connectivity index (χ0) is 15.2. The highest BCUT2D eigenvalue weighted by atomic mass is 15.0. The summed E-state index contributed by atoms with van der Waals surface area (Å²) in [5.41, 5.74) is 3.90. The van der Waals surface area contributed by atoms with Crippen LogP contribution in [0.5, 0.6) is 0 Å². The number of aromatic nitrogens is 1. The Balaban J connectivity index is 1.80. The maximum atomic E-state index is 3.98. The Kier molecular flexibility index (Phi) is 4.45. The van der Waals surface area contributed by atoms with Gasteiger partial charge in [0.1, 0.15) is 0 Å². The lowest BCUT2D eigenvalue weighted by Crippen LogP contribution is -2.38. The van der Waals surface area contributed by atoms with E-state index in [4.69, 9.17) is 0 Å². The fraction of sp³-hybridized carbons (Fsp3) is 0.0952. The van der Waals surface area contributed by atoms with Crippen molar-refractivity contribution in [3.63, 3.8) is 0 Å². The summed E-state index contributed by atoms with van der Waals surface area (Å²) in [5, 5.41) is 0. The Bertz CT molecular complexity index is 715. The standard InChI is InChI=1S/C21H20N/c1-2-21(20-11-7-4-8-12-20)22-15-13-19(14-16-22)17-18-9-5-3-6-10-18/h2-16,21H,1,17H2/q+1. The molecule has 0 spiro atoms. The van der Waals surface area contributed by atoms with E-state index in [1.165, 1.54) is 16.7 Å². The van der Waals surface area contributed by atoms with Crippen molar-refractivity contribution in [2.45, 2.75) is 12.5 Å². The van der Waals surface area contributed by atoms with E-state index in [0.29, 0.717) is 0 Å². The number of allylic oxidation sites excluding steroid dienone is 1. The normalized spacial score (nSPS) is 11.8. The van der Waals surface area contributed by atoms with E-state index in [-0.39, 0.29) is 6.04 Å². The summed E-state index contributed by atoms with van der Waals surface area (Å²) in [6.45, 7) is 3.98. The van der Waals surface area contributed by atoms with Gasteiger partial charge in [0.25, 0.3) is 0 Å². The second kappa shape index (κ2) is 6.86. The number of nitrogens with zero attached hydrogens (tertiary/aromatic N) is 1. The largest absolute Gasteiger partial charge is 0.201 e. The minimum atomic E-state index is 0.173. The molecule has 0 aliphatic carbocycles. The zero-order valence-electron chi connectivity index (χ0n) is 12.6. The van der Waals surface area contributed by atoms with Gasteiger partial charge in [-0.15, -0.1) is 0 Å². The molecule has 0 radical (unpaired) electrons. The molecule has 0 amide bonds.